The molecule has 1 amide bonds. The minimum atomic E-state index is -4.53. The van der Waals surface area contributed by atoms with E-state index in [4.69, 9.17) is 11.6 Å². The Morgan fingerprint density at radius 1 is 1.20 bits per heavy atom. The number of carbonyl (C=O) groups is 1. The van der Waals surface area contributed by atoms with Crippen molar-refractivity contribution in [3.05, 3.63) is 45.0 Å². The molecule has 1 fully saturated rings. The molecule has 6 nitrogen and oxygen atoms in total. The van der Waals surface area contributed by atoms with Crippen LogP contribution >= 0.6 is 27.5 Å². The van der Waals surface area contributed by atoms with Crippen LogP contribution in [0.5, 0.6) is 0 Å². The van der Waals surface area contributed by atoms with Gasteiger partial charge in [-0.25, -0.2) is 4.68 Å². The van der Waals surface area contributed by atoms with E-state index in [2.05, 4.69) is 31.2 Å². The quantitative estimate of drug-likeness (QED) is 0.658. The van der Waals surface area contributed by atoms with Crippen LogP contribution in [0.2, 0.25) is 5.02 Å². The van der Waals surface area contributed by atoms with Crippen LogP contribution in [-0.4, -0.2) is 64.9 Å². The Balaban J connectivity index is 1.69. The third kappa shape index (κ3) is 4.04. The summed E-state index contributed by atoms with van der Waals surface area (Å²) < 4.78 is 43.3. The number of fused-ring (bicyclic) bond motifs is 1. The van der Waals surface area contributed by atoms with Gasteiger partial charge in [-0.1, -0.05) is 39.7 Å². The lowest BCUT2D eigenvalue weighted by molar-refractivity contribution is -0.173. The van der Waals surface area contributed by atoms with Crippen LogP contribution in [0.1, 0.15) is 34.6 Å². The SMILES string of the molecule is CN1CCN(C(=O)c2nn3c(c2Cl)N[C@H](c2ccc(Br)cc2)C[C@H]3C(F)(F)F)CC1. The molecule has 11 heteroatoms. The van der Waals surface area contributed by atoms with Crippen molar-refractivity contribution >= 4 is 39.3 Å². The van der Waals surface area contributed by atoms with Crippen LogP contribution in [0.3, 0.4) is 0 Å². The van der Waals surface area contributed by atoms with Crippen molar-refractivity contribution in [2.24, 2.45) is 0 Å². The summed E-state index contributed by atoms with van der Waals surface area (Å²) in [6, 6.07) is 4.56. The lowest BCUT2D eigenvalue weighted by atomic mass is 9.97. The number of halogens is 5. The molecule has 30 heavy (non-hydrogen) atoms. The smallest absolute Gasteiger partial charge is 0.362 e. The minimum Gasteiger partial charge on any atom is -0.362 e. The van der Waals surface area contributed by atoms with Gasteiger partial charge in [-0.3, -0.25) is 4.79 Å². The zero-order chi connectivity index (χ0) is 21.6. The molecule has 2 atom stereocenters. The Labute approximate surface area is 185 Å². The van der Waals surface area contributed by atoms with E-state index >= 15 is 0 Å². The van der Waals surface area contributed by atoms with E-state index in [-0.39, 0.29) is 23.0 Å². The van der Waals surface area contributed by atoms with Gasteiger partial charge in [0.05, 0.1) is 6.04 Å². The summed E-state index contributed by atoms with van der Waals surface area (Å²) in [4.78, 5) is 16.6. The summed E-state index contributed by atoms with van der Waals surface area (Å²) in [6.45, 7) is 2.33. The van der Waals surface area contributed by atoms with Crippen molar-refractivity contribution in [1.29, 1.82) is 0 Å². The fraction of sp³-hybridized carbons (Fsp3) is 0.474. The van der Waals surface area contributed by atoms with Crippen LogP contribution in [-0.2, 0) is 0 Å². The molecule has 162 valence electrons. The van der Waals surface area contributed by atoms with Gasteiger partial charge in [0, 0.05) is 37.1 Å². The molecule has 1 N–H and O–H groups in total. The van der Waals surface area contributed by atoms with Crippen molar-refractivity contribution < 1.29 is 18.0 Å². The summed E-state index contributed by atoms with van der Waals surface area (Å²) in [5.74, 6) is -0.423. The largest absolute Gasteiger partial charge is 0.410 e. The Hall–Kier alpha value is -1.78. The molecule has 4 rings (SSSR count). The predicted octanol–water partition coefficient (Wildman–Crippen LogP) is 4.35. The molecule has 1 aromatic carbocycles. The van der Waals surface area contributed by atoms with Gasteiger partial charge >= 0.3 is 6.18 Å². The number of benzene rings is 1. The molecule has 2 aliphatic heterocycles. The number of anilines is 1. The third-order valence-corrected chi connectivity index (χ3v) is 6.45. The van der Waals surface area contributed by atoms with Gasteiger partial charge in [0.15, 0.2) is 11.7 Å². The van der Waals surface area contributed by atoms with Gasteiger partial charge < -0.3 is 15.1 Å². The first-order valence-corrected chi connectivity index (χ1v) is 10.7. The number of hydrogen-bond acceptors (Lipinski definition) is 4. The molecular weight excluding hydrogens is 487 g/mol. The number of likely N-dealkylation sites (N-methyl/N-ethyl adjacent to an activating group) is 1. The van der Waals surface area contributed by atoms with Gasteiger partial charge in [0.25, 0.3) is 5.91 Å². The molecule has 2 aliphatic rings. The van der Waals surface area contributed by atoms with Crippen molar-refractivity contribution in [2.45, 2.75) is 24.7 Å². The zero-order valence-corrected chi connectivity index (χ0v) is 18.4. The molecule has 0 aliphatic carbocycles. The first kappa shape index (κ1) is 21.5. The molecule has 1 aromatic heterocycles. The number of nitrogens with zero attached hydrogens (tertiary/aromatic N) is 4. The van der Waals surface area contributed by atoms with Gasteiger partial charge in [-0.05, 0) is 24.7 Å². The molecule has 3 heterocycles. The van der Waals surface area contributed by atoms with Gasteiger partial charge in [0.2, 0.25) is 0 Å². The molecule has 0 saturated carbocycles. The van der Waals surface area contributed by atoms with E-state index in [1.54, 1.807) is 29.2 Å². The molecule has 0 unspecified atom stereocenters. The molecule has 1 saturated heterocycles. The highest BCUT2D eigenvalue weighted by atomic mass is 79.9. The normalized spacial score (nSPS) is 22.5. The van der Waals surface area contributed by atoms with E-state index in [0.717, 1.165) is 9.15 Å². The zero-order valence-electron chi connectivity index (χ0n) is 16.1. The number of amides is 1. The standard InChI is InChI=1S/C19H20BrClF3N5O/c1-27-6-8-28(9-7-27)18(30)16-15(21)17-25-13(11-2-4-12(20)5-3-11)10-14(19(22,23)24)29(17)26-16/h2-5,13-14,25H,6-10H2,1H3/t13-,14-/m0/s1. The Kier molecular flexibility index (Phi) is 5.75. The Bertz CT molecular complexity index is 941. The van der Waals surface area contributed by atoms with E-state index in [1.165, 1.54) is 0 Å². The average molecular weight is 507 g/mol. The lowest BCUT2D eigenvalue weighted by Gasteiger charge is -2.33. The fourth-order valence-electron chi connectivity index (χ4n) is 3.80. The fourth-order valence-corrected chi connectivity index (χ4v) is 4.32. The second-order valence-corrected chi connectivity index (χ2v) is 8.89. The van der Waals surface area contributed by atoms with Gasteiger partial charge in [0.1, 0.15) is 10.8 Å². The van der Waals surface area contributed by atoms with Gasteiger partial charge in [-0.15, -0.1) is 0 Å². The molecule has 0 bridgehead atoms. The summed E-state index contributed by atoms with van der Waals surface area (Å²) in [7, 11) is 1.95. The third-order valence-electron chi connectivity index (χ3n) is 5.56. The number of aromatic nitrogens is 2. The first-order valence-electron chi connectivity index (χ1n) is 9.49. The molecule has 0 spiro atoms. The highest BCUT2D eigenvalue weighted by molar-refractivity contribution is 9.10. The number of alkyl halides is 3. The average Bonchev–Trinajstić information content (AvgIpc) is 3.04. The molecular formula is C19H20BrClF3N5O. The minimum absolute atomic E-state index is 0.0237. The number of rotatable bonds is 2. The first-order chi connectivity index (χ1) is 14.1. The molecule has 0 radical (unpaired) electrons. The number of hydrogen-bond donors (Lipinski definition) is 1. The van der Waals surface area contributed by atoms with E-state index in [0.29, 0.717) is 31.7 Å². The van der Waals surface area contributed by atoms with Crippen LogP contribution < -0.4 is 5.32 Å². The van der Waals surface area contributed by atoms with E-state index in [9.17, 15) is 18.0 Å². The molecule has 2 aromatic rings. The second-order valence-electron chi connectivity index (χ2n) is 7.59. The van der Waals surface area contributed by atoms with Crippen molar-refractivity contribution in [3.63, 3.8) is 0 Å². The van der Waals surface area contributed by atoms with E-state index < -0.39 is 24.2 Å². The van der Waals surface area contributed by atoms with Crippen molar-refractivity contribution in [1.82, 2.24) is 19.6 Å². The lowest BCUT2D eigenvalue weighted by Crippen LogP contribution is -2.47. The van der Waals surface area contributed by atoms with Crippen LogP contribution in [0.25, 0.3) is 0 Å². The summed E-state index contributed by atoms with van der Waals surface area (Å²) in [6.07, 6.45) is -4.79. The highest BCUT2D eigenvalue weighted by Crippen LogP contribution is 2.46. The summed E-state index contributed by atoms with van der Waals surface area (Å²) in [5, 5.41) is 7.01. The summed E-state index contributed by atoms with van der Waals surface area (Å²) >= 11 is 9.73. The highest BCUT2D eigenvalue weighted by Gasteiger charge is 2.48. The number of nitrogens with one attached hydrogen (secondary N) is 1. The van der Waals surface area contributed by atoms with E-state index in [1.807, 2.05) is 7.05 Å². The number of carbonyl (C=O) groups excluding carboxylic acids is 1. The predicted molar refractivity (Wildman–Crippen MR) is 111 cm³/mol. The van der Waals surface area contributed by atoms with Crippen LogP contribution in [0.4, 0.5) is 19.0 Å². The van der Waals surface area contributed by atoms with Crippen LogP contribution in [0.15, 0.2) is 28.7 Å². The maximum atomic E-state index is 13.9. The van der Waals surface area contributed by atoms with Crippen LogP contribution in [0, 0.1) is 0 Å². The van der Waals surface area contributed by atoms with Gasteiger partial charge in [-0.2, -0.15) is 18.3 Å². The topological polar surface area (TPSA) is 53.4 Å². The summed E-state index contributed by atoms with van der Waals surface area (Å²) in [5.41, 5.74) is 0.553. The van der Waals surface area contributed by atoms with Crippen molar-refractivity contribution in [2.75, 3.05) is 38.5 Å². The Morgan fingerprint density at radius 3 is 2.43 bits per heavy atom. The second kappa shape index (κ2) is 8.05. The monoisotopic (exact) mass is 505 g/mol. The maximum absolute atomic E-state index is 13.9. The Morgan fingerprint density at radius 2 is 1.83 bits per heavy atom. The van der Waals surface area contributed by atoms with Crippen molar-refractivity contribution in [3.8, 4) is 0 Å². The maximum Gasteiger partial charge on any atom is 0.410 e. The number of piperazine rings is 1.